The van der Waals surface area contributed by atoms with Crippen molar-refractivity contribution >= 4 is 52.4 Å². The van der Waals surface area contributed by atoms with E-state index in [1.807, 2.05) is 0 Å². The van der Waals surface area contributed by atoms with Crippen molar-refractivity contribution in [3.63, 3.8) is 0 Å². The number of aromatic nitrogens is 1. The Morgan fingerprint density at radius 3 is 2.11 bits per heavy atom. The van der Waals surface area contributed by atoms with Crippen LogP contribution >= 0.6 is 46.4 Å². The van der Waals surface area contributed by atoms with Crippen molar-refractivity contribution in [2.75, 3.05) is 0 Å². The first-order valence-electron chi connectivity index (χ1n) is 4.93. The van der Waals surface area contributed by atoms with Gasteiger partial charge in [0.2, 0.25) is 0 Å². The highest BCUT2D eigenvalue weighted by atomic mass is 35.5. The molecule has 0 saturated carbocycles. The number of hydrogen-bond donors (Lipinski definition) is 1. The lowest BCUT2D eigenvalue weighted by Gasteiger charge is -2.10. The van der Waals surface area contributed by atoms with Gasteiger partial charge in [0.1, 0.15) is 0 Å². The highest BCUT2D eigenvalue weighted by Gasteiger charge is 2.17. The van der Waals surface area contributed by atoms with E-state index < -0.39 is 5.97 Å². The third-order valence-corrected chi connectivity index (χ3v) is 3.96. The zero-order valence-corrected chi connectivity index (χ0v) is 12.1. The van der Waals surface area contributed by atoms with Crippen molar-refractivity contribution in [1.29, 1.82) is 0 Å². The molecule has 1 aromatic heterocycles. The molecule has 98 valence electrons. The molecule has 0 aliphatic rings. The fraction of sp³-hybridized carbons (Fsp3) is 0. The monoisotopic (exact) mass is 335 g/mol. The second-order valence-corrected chi connectivity index (χ2v) is 5.18. The van der Waals surface area contributed by atoms with Gasteiger partial charge in [-0.05, 0) is 12.1 Å². The van der Waals surface area contributed by atoms with Crippen molar-refractivity contribution in [3.05, 3.63) is 50.2 Å². The Morgan fingerprint density at radius 2 is 1.58 bits per heavy atom. The zero-order chi connectivity index (χ0) is 14.2. The average molecular weight is 337 g/mol. The molecular weight excluding hydrogens is 332 g/mol. The summed E-state index contributed by atoms with van der Waals surface area (Å²) in [7, 11) is 0. The number of hydrogen-bond acceptors (Lipinski definition) is 2. The maximum absolute atomic E-state index is 10.9. The number of benzene rings is 1. The first kappa shape index (κ1) is 14.4. The highest BCUT2D eigenvalue weighted by molar-refractivity contribution is 6.50. The number of aromatic carboxylic acids is 1. The molecule has 3 nitrogen and oxygen atoms in total. The minimum absolute atomic E-state index is 0.0146. The third kappa shape index (κ3) is 2.79. The molecule has 0 bridgehead atoms. The summed E-state index contributed by atoms with van der Waals surface area (Å²) >= 11 is 24.0. The topological polar surface area (TPSA) is 50.2 Å². The van der Waals surface area contributed by atoms with Crippen molar-refractivity contribution in [3.8, 4) is 11.1 Å². The van der Waals surface area contributed by atoms with Crippen molar-refractivity contribution < 1.29 is 9.90 Å². The van der Waals surface area contributed by atoms with E-state index in [0.29, 0.717) is 11.1 Å². The van der Waals surface area contributed by atoms with Gasteiger partial charge >= 0.3 is 5.97 Å². The molecule has 0 atom stereocenters. The van der Waals surface area contributed by atoms with Crippen LogP contribution < -0.4 is 0 Å². The summed E-state index contributed by atoms with van der Waals surface area (Å²) in [4.78, 5) is 14.8. The van der Waals surface area contributed by atoms with E-state index in [0.717, 1.165) is 0 Å². The molecule has 19 heavy (non-hydrogen) atoms. The van der Waals surface area contributed by atoms with Gasteiger partial charge in [0.15, 0.2) is 0 Å². The van der Waals surface area contributed by atoms with Crippen LogP contribution in [0.15, 0.2) is 24.5 Å². The molecule has 0 fully saturated rings. The lowest BCUT2D eigenvalue weighted by atomic mass is 10.1. The first-order valence-corrected chi connectivity index (χ1v) is 6.44. The summed E-state index contributed by atoms with van der Waals surface area (Å²) < 4.78 is 0. The van der Waals surface area contributed by atoms with E-state index in [-0.39, 0.29) is 25.7 Å². The number of rotatable bonds is 2. The predicted octanol–water partition coefficient (Wildman–Crippen LogP) is 5.06. The summed E-state index contributed by atoms with van der Waals surface area (Å²) in [5.41, 5.74) is 0.802. The fourth-order valence-corrected chi connectivity index (χ4v) is 2.55. The molecule has 0 aliphatic heterocycles. The molecule has 0 unspecified atom stereocenters. The molecule has 2 aromatic rings. The molecule has 0 radical (unpaired) electrons. The van der Waals surface area contributed by atoms with E-state index in [1.54, 1.807) is 0 Å². The minimum Gasteiger partial charge on any atom is -0.478 e. The molecule has 0 aliphatic carbocycles. The number of carbonyl (C=O) groups is 1. The smallest absolute Gasteiger partial charge is 0.337 e. The zero-order valence-electron chi connectivity index (χ0n) is 9.12. The molecule has 0 amide bonds. The summed E-state index contributed by atoms with van der Waals surface area (Å²) in [5.74, 6) is -1.10. The maximum Gasteiger partial charge on any atom is 0.337 e. The molecule has 0 saturated heterocycles. The normalized spacial score (nSPS) is 10.5. The summed E-state index contributed by atoms with van der Waals surface area (Å²) in [6, 6.07) is 2.82. The van der Waals surface area contributed by atoms with Crippen molar-refractivity contribution in [2.45, 2.75) is 0 Å². The van der Waals surface area contributed by atoms with Crippen LogP contribution in [-0.2, 0) is 0 Å². The Morgan fingerprint density at radius 1 is 1.00 bits per heavy atom. The van der Waals surface area contributed by atoms with Gasteiger partial charge in [0.25, 0.3) is 0 Å². The quantitative estimate of drug-likeness (QED) is 0.780. The van der Waals surface area contributed by atoms with Crippen LogP contribution in [0.5, 0.6) is 0 Å². The maximum atomic E-state index is 10.9. The average Bonchev–Trinajstić information content (AvgIpc) is 2.37. The van der Waals surface area contributed by atoms with Gasteiger partial charge in [-0.2, -0.15) is 0 Å². The Balaban J connectivity index is 2.72. The van der Waals surface area contributed by atoms with E-state index >= 15 is 0 Å². The number of pyridine rings is 1. The van der Waals surface area contributed by atoms with Crippen LogP contribution in [0.2, 0.25) is 20.1 Å². The lowest BCUT2D eigenvalue weighted by molar-refractivity contribution is 0.0696. The second-order valence-electron chi connectivity index (χ2n) is 3.61. The molecule has 7 heteroatoms. The third-order valence-electron chi connectivity index (χ3n) is 2.39. The Labute approximate surface area is 128 Å². The molecule has 2 rings (SSSR count). The van der Waals surface area contributed by atoms with Crippen LogP contribution in [0.1, 0.15) is 10.4 Å². The molecular formula is C12H5Cl4NO2. The van der Waals surface area contributed by atoms with Crippen LogP contribution in [0.4, 0.5) is 0 Å². The van der Waals surface area contributed by atoms with Gasteiger partial charge < -0.3 is 5.11 Å². The molecule has 1 N–H and O–H groups in total. The summed E-state index contributed by atoms with van der Waals surface area (Å²) in [5, 5.41) is 9.79. The SMILES string of the molecule is O=C(O)c1cncc(-c2c(Cl)c(Cl)cc(Cl)c2Cl)c1. The first-order chi connectivity index (χ1) is 8.91. The van der Waals surface area contributed by atoms with E-state index in [4.69, 9.17) is 51.5 Å². The van der Waals surface area contributed by atoms with E-state index in [2.05, 4.69) is 4.98 Å². The Kier molecular flexibility index (Phi) is 4.21. The predicted molar refractivity (Wildman–Crippen MR) is 76.7 cm³/mol. The van der Waals surface area contributed by atoms with Crippen LogP contribution in [0.25, 0.3) is 11.1 Å². The van der Waals surface area contributed by atoms with E-state index in [1.165, 1.54) is 24.5 Å². The number of halogens is 4. The van der Waals surface area contributed by atoms with Gasteiger partial charge in [-0.3, -0.25) is 4.98 Å². The van der Waals surface area contributed by atoms with Gasteiger partial charge in [-0.15, -0.1) is 0 Å². The van der Waals surface area contributed by atoms with Gasteiger partial charge in [0, 0.05) is 23.5 Å². The fourth-order valence-electron chi connectivity index (χ4n) is 1.52. The molecule has 1 aromatic carbocycles. The van der Waals surface area contributed by atoms with E-state index in [9.17, 15) is 4.79 Å². The standard InChI is InChI=1S/C12H5Cl4NO2/c13-7-2-8(14)11(16)9(10(7)15)5-1-6(12(18)19)4-17-3-5/h1-4H,(H,18,19). The summed E-state index contributed by atoms with van der Waals surface area (Å²) in [6.45, 7) is 0. The van der Waals surface area contributed by atoms with Crippen LogP contribution in [-0.4, -0.2) is 16.1 Å². The van der Waals surface area contributed by atoms with Gasteiger partial charge in [0.05, 0.1) is 25.7 Å². The Bertz CT molecular complexity index is 647. The van der Waals surface area contributed by atoms with Crippen LogP contribution in [0.3, 0.4) is 0 Å². The summed E-state index contributed by atoms with van der Waals surface area (Å²) in [6.07, 6.45) is 2.66. The van der Waals surface area contributed by atoms with Crippen LogP contribution in [0, 0.1) is 0 Å². The van der Waals surface area contributed by atoms with Gasteiger partial charge in [-0.1, -0.05) is 46.4 Å². The lowest BCUT2D eigenvalue weighted by Crippen LogP contribution is -1.97. The van der Waals surface area contributed by atoms with Crippen molar-refractivity contribution in [2.24, 2.45) is 0 Å². The second kappa shape index (κ2) is 5.55. The minimum atomic E-state index is -1.10. The largest absolute Gasteiger partial charge is 0.478 e. The number of carboxylic acids is 1. The molecule has 0 spiro atoms. The molecule has 1 heterocycles. The highest BCUT2D eigenvalue weighted by Crippen LogP contribution is 2.43. The van der Waals surface area contributed by atoms with Gasteiger partial charge in [-0.25, -0.2) is 4.79 Å². The number of nitrogens with zero attached hydrogens (tertiary/aromatic N) is 1. The Hall–Kier alpha value is -1.000. The number of carboxylic acid groups (broad SMARTS) is 1. The van der Waals surface area contributed by atoms with Crippen molar-refractivity contribution in [1.82, 2.24) is 4.98 Å².